The van der Waals surface area contributed by atoms with Crippen LogP contribution in [0.2, 0.25) is 0 Å². The molecule has 0 aliphatic carbocycles. The summed E-state index contributed by atoms with van der Waals surface area (Å²) >= 11 is 0. The van der Waals surface area contributed by atoms with Gasteiger partial charge in [0.25, 0.3) is 0 Å². The van der Waals surface area contributed by atoms with Gasteiger partial charge in [0.15, 0.2) is 0 Å². The summed E-state index contributed by atoms with van der Waals surface area (Å²) in [7, 11) is 0. The van der Waals surface area contributed by atoms with Crippen LogP contribution in [0.5, 0.6) is 0 Å². The molecule has 0 saturated heterocycles. The van der Waals surface area contributed by atoms with Gasteiger partial charge in [0.05, 0.1) is 11.0 Å². The quantitative estimate of drug-likeness (QED) is 0.150. The number of anilines is 3. The van der Waals surface area contributed by atoms with Gasteiger partial charge in [-0.3, -0.25) is 0 Å². The van der Waals surface area contributed by atoms with Crippen LogP contribution in [-0.4, -0.2) is 4.57 Å². The molecule has 1 aromatic heterocycles. The highest BCUT2D eigenvalue weighted by Crippen LogP contribution is 2.41. The molecule has 10 aromatic carbocycles. The van der Waals surface area contributed by atoms with Crippen molar-refractivity contribution in [3.63, 3.8) is 0 Å². The first-order chi connectivity index (χ1) is 29.8. The summed E-state index contributed by atoms with van der Waals surface area (Å²) < 4.78 is 2.44. The maximum atomic E-state index is 2.44. The number of para-hydroxylation sites is 1. The molecule has 0 atom stereocenters. The summed E-state index contributed by atoms with van der Waals surface area (Å²) in [6.45, 7) is 0. The average Bonchev–Trinajstić information content (AvgIpc) is 3.68. The van der Waals surface area contributed by atoms with E-state index in [0.29, 0.717) is 0 Å². The molecule has 282 valence electrons. The summed E-state index contributed by atoms with van der Waals surface area (Å²) in [5, 5.41) is 5.03. The van der Waals surface area contributed by atoms with E-state index in [1.807, 2.05) is 0 Å². The van der Waals surface area contributed by atoms with Gasteiger partial charge in [0, 0.05) is 38.9 Å². The van der Waals surface area contributed by atoms with Crippen LogP contribution in [0.3, 0.4) is 0 Å². The minimum Gasteiger partial charge on any atom is -0.311 e. The number of benzene rings is 10. The van der Waals surface area contributed by atoms with E-state index in [2.05, 4.69) is 252 Å². The topological polar surface area (TPSA) is 8.17 Å². The van der Waals surface area contributed by atoms with E-state index in [1.165, 1.54) is 77.1 Å². The Kier molecular flexibility index (Phi) is 8.87. The second-order valence-electron chi connectivity index (χ2n) is 15.3. The lowest BCUT2D eigenvalue weighted by molar-refractivity contribution is 1.19. The van der Waals surface area contributed by atoms with Crippen molar-refractivity contribution in [1.29, 1.82) is 0 Å². The highest BCUT2D eigenvalue weighted by molar-refractivity contribution is 6.18. The first-order valence-corrected chi connectivity index (χ1v) is 20.6. The van der Waals surface area contributed by atoms with Gasteiger partial charge < -0.3 is 9.47 Å². The molecule has 0 saturated carbocycles. The molecule has 11 aromatic rings. The van der Waals surface area contributed by atoms with Crippen molar-refractivity contribution in [3.8, 4) is 50.2 Å². The van der Waals surface area contributed by atoms with Gasteiger partial charge in [-0.25, -0.2) is 0 Å². The van der Waals surface area contributed by atoms with Crippen molar-refractivity contribution in [2.24, 2.45) is 0 Å². The van der Waals surface area contributed by atoms with Gasteiger partial charge in [0.2, 0.25) is 0 Å². The molecule has 0 fully saturated rings. The first-order valence-electron chi connectivity index (χ1n) is 20.6. The Morgan fingerprint density at radius 1 is 0.283 bits per heavy atom. The van der Waals surface area contributed by atoms with Crippen molar-refractivity contribution in [3.05, 3.63) is 243 Å². The van der Waals surface area contributed by atoms with E-state index in [4.69, 9.17) is 0 Å². The largest absolute Gasteiger partial charge is 0.311 e. The van der Waals surface area contributed by atoms with E-state index in [0.717, 1.165) is 22.7 Å². The number of nitrogens with zero attached hydrogens (tertiary/aromatic N) is 2. The molecule has 0 bridgehead atoms. The van der Waals surface area contributed by atoms with Crippen LogP contribution in [0.1, 0.15) is 0 Å². The second kappa shape index (κ2) is 15.1. The standard InChI is InChI=1S/C58H40N2/c1-3-14-41(15-4-1)42-26-33-48(34-27-42)59(50-37-30-46(31-38-50)53-22-10-9-21-52(53)44-16-5-2-6-17-44)49-35-28-43(29-36-49)47-19-13-20-51(40-47)60-57-25-12-11-24-55(57)56-39-32-45-18-7-8-23-54(45)58(56)60/h1-40H. The Morgan fingerprint density at radius 2 is 0.750 bits per heavy atom. The number of hydrogen-bond donors (Lipinski definition) is 0. The third-order valence-electron chi connectivity index (χ3n) is 11.8. The highest BCUT2D eigenvalue weighted by atomic mass is 15.1. The van der Waals surface area contributed by atoms with Crippen molar-refractivity contribution in [2.75, 3.05) is 4.90 Å². The maximum absolute atomic E-state index is 2.44. The molecule has 0 spiro atoms. The SMILES string of the molecule is c1ccc(-c2ccc(N(c3ccc(-c4cccc(-n5c6ccccc6c6ccc7ccccc7c65)c4)cc3)c3ccc(-c4ccccc4-c4ccccc4)cc3)cc2)cc1. The Hall–Kier alpha value is -7.94. The second-order valence-corrected chi connectivity index (χ2v) is 15.3. The molecule has 0 aliphatic heterocycles. The molecule has 0 radical (unpaired) electrons. The van der Waals surface area contributed by atoms with Crippen LogP contribution in [-0.2, 0) is 0 Å². The van der Waals surface area contributed by atoms with Crippen LogP contribution in [0, 0.1) is 0 Å². The summed E-state index contributed by atoms with van der Waals surface area (Å²) in [6, 6.07) is 87.7. The van der Waals surface area contributed by atoms with Crippen LogP contribution in [0.25, 0.3) is 82.8 Å². The third-order valence-corrected chi connectivity index (χ3v) is 11.8. The van der Waals surface area contributed by atoms with E-state index >= 15 is 0 Å². The summed E-state index contributed by atoms with van der Waals surface area (Å²) in [6.07, 6.45) is 0. The zero-order valence-electron chi connectivity index (χ0n) is 33.0. The van der Waals surface area contributed by atoms with Crippen LogP contribution >= 0.6 is 0 Å². The number of aromatic nitrogens is 1. The fourth-order valence-corrected chi connectivity index (χ4v) is 8.90. The number of hydrogen-bond acceptors (Lipinski definition) is 1. The van der Waals surface area contributed by atoms with E-state index in [9.17, 15) is 0 Å². The fourth-order valence-electron chi connectivity index (χ4n) is 8.90. The smallest absolute Gasteiger partial charge is 0.0619 e. The zero-order chi connectivity index (χ0) is 39.8. The lowest BCUT2D eigenvalue weighted by atomic mass is 9.94. The van der Waals surface area contributed by atoms with Crippen LogP contribution < -0.4 is 4.90 Å². The van der Waals surface area contributed by atoms with Gasteiger partial charge in [-0.2, -0.15) is 0 Å². The zero-order valence-corrected chi connectivity index (χ0v) is 33.0. The molecule has 1 heterocycles. The van der Waals surface area contributed by atoms with Gasteiger partial charge in [-0.1, -0.05) is 188 Å². The third kappa shape index (κ3) is 6.32. The molecular weight excluding hydrogens is 725 g/mol. The van der Waals surface area contributed by atoms with Crippen molar-refractivity contribution in [2.45, 2.75) is 0 Å². The molecular formula is C58H40N2. The summed E-state index contributed by atoms with van der Waals surface area (Å²) in [5.41, 5.74) is 16.5. The van der Waals surface area contributed by atoms with E-state index in [-0.39, 0.29) is 0 Å². The van der Waals surface area contributed by atoms with E-state index in [1.54, 1.807) is 0 Å². The molecule has 0 aliphatic rings. The monoisotopic (exact) mass is 764 g/mol. The molecule has 0 amide bonds. The van der Waals surface area contributed by atoms with Gasteiger partial charge in [0.1, 0.15) is 0 Å². The Balaban J connectivity index is 0.981. The average molecular weight is 765 g/mol. The Morgan fingerprint density at radius 3 is 1.40 bits per heavy atom. The number of rotatable bonds is 8. The number of fused-ring (bicyclic) bond motifs is 5. The molecule has 11 rings (SSSR count). The lowest BCUT2D eigenvalue weighted by Gasteiger charge is -2.26. The summed E-state index contributed by atoms with van der Waals surface area (Å²) in [4.78, 5) is 2.35. The molecule has 2 nitrogen and oxygen atoms in total. The maximum Gasteiger partial charge on any atom is 0.0619 e. The highest BCUT2D eigenvalue weighted by Gasteiger charge is 2.17. The van der Waals surface area contributed by atoms with Crippen molar-refractivity contribution < 1.29 is 0 Å². The minimum absolute atomic E-state index is 1.09. The molecule has 60 heavy (non-hydrogen) atoms. The predicted molar refractivity (Wildman–Crippen MR) is 255 cm³/mol. The van der Waals surface area contributed by atoms with Crippen molar-refractivity contribution in [1.82, 2.24) is 4.57 Å². The molecule has 0 N–H and O–H groups in total. The molecule has 0 unspecified atom stereocenters. The van der Waals surface area contributed by atoms with Gasteiger partial charge in [-0.05, 0) is 104 Å². The van der Waals surface area contributed by atoms with E-state index < -0.39 is 0 Å². The summed E-state index contributed by atoms with van der Waals surface area (Å²) in [5.74, 6) is 0. The van der Waals surface area contributed by atoms with Gasteiger partial charge in [-0.15, -0.1) is 0 Å². The predicted octanol–water partition coefficient (Wildman–Crippen LogP) is 16.1. The Labute approximate surface area is 350 Å². The van der Waals surface area contributed by atoms with Crippen LogP contribution in [0.15, 0.2) is 243 Å². The Bertz CT molecular complexity index is 3270. The normalized spacial score (nSPS) is 11.3. The minimum atomic E-state index is 1.09. The van der Waals surface area contributed by atoms with Crippen molar-refractivity contribution >= 4 is 49.6 Å². The fraction of sp³-hybridized carbons (Fsp3) is 0. The van der Waals surface area contributed by atoms with Crippen LogP contribution in [0.4, 0.5) is 17.1 Å². The first kappa shape index (κ1) is 35.2. The van der Waals surface area contributed by atoms with Gasteiger partial charge >= 0.3 is 0 Å². The molecule has 2 heteroatoms. The lowest BCUT2D eigenvalue weighted by Crippen LogP contribution is -2.09.